The molecule has 6 rings (SSSR count). The van der Waals surface area contributed by atoms with Gasteiger partial charge >= 0.3 is 6.09 Å². The third-order valence-electron chi connectivity index (χ3n) is 7.23. The molecule has 3 aliphatic rings. The number of amides is 2. The number of aromatic nitrogens is 4. The number of carbonyl (C=O) groups is 2. The number of aryl methyl sites for hydroxylation is 1. The van der Waals surface area contributed by atoms with Crippen molar-refractivity contribution in [2.75, 3.05) is 79.4 Å². The number of carbonyl (C=O) groups excluding carboxylic acids is 2. The van der Waals surface area contributed by atoms with Crippen LogP contribution in [-0.4, -0.2) is 96.0 Å². The van der Waals surface area contributed by atoms with E-state index in [0.717, 1.165) is 34.6 Å². The molecule has 2 saturated heterocycles. The molecule has 1 aromatic carbocycles. The molecule has 2 aromatic heterocycles. The summed E-state index contributed by atoms with van der Waals surface area (Å²) >= 11 is 0.912. The van der Waals surface area contributed by atoms with Crippen molar-refractivity contribution in [1.82, 2.24) is 24.8 Å². The number of nitrogens with one attached hydrogen (secondary N) is 1. The quantitative estimate of drug-likeness (QED) is 0.317. The van der Waals surface area contributed by atoms with Gasteiger partial charge in [0.25, 0.3) is 5.91 Å². The highest BCUT2D eigenvalue weighted by Gasteiger charge is 2.30. The van der Waals surface area contributed by atoms with Crippen molar-refractivity contribution in [3.63, 3.8) is 0 Å². The summed E-state index contributed by atoms with van der Waals surface area (Å²) in [6.45, 7) is 7.10. The molecular formula is C27H31N9O5S. The predicted octanol–water partition coefficient (Wildman–Crippen LogP) is 2.31. The van der Waals surface area contributed by atoms with Crippen molar-refractivity contribution >= 4 is 47.6 Å². The average molecular weight is 594 g/mol. The van der Waals surface area contributed by atoms with Gasteiger partial charge in [0.15, 0.2) is 18.0 Å². The Bertz CT molecular complexity index is 1460. The van der Waals surface area contributed by atoms with Crippen LogP contribution in [0.4, 0.5) is 28.2 Å². The minimum Gasteiger partial charge on any atom is -0.378 e. The summed E-state index contributed by atoms with van der Waals surface area (Å²) in [5.74, 6) is 1.35. The van der Waals surface area contributed by atoms with Crippen LogP contribution in [-0.2, 0) is 20.1 Å². The zero-order valence-electron chi connectivity index (χ0n) is 23.1. The van der Waals surface area contributed by atoms with Crippen molar-refractivity contribution in [3.8, 4) is 11.3 Å². The largest absolute Gasteiger partial charge is 0.425 e. The molecule has 5 heterocycles. The molecule has 0 spiro atoms. The summed E-state index contributed by atoms with van der Waals surface area (Å²) in [6, 6.07) is 5.18. The van der Waals surface area contributed by atoms with Crippen LogP contribution in [0.3, 0.4) is 0 Å². The fraction of sp³-hybridized carbons (Fsp3) is 0.407. The zero-order chi connectivity index (χ0) is 29.1. The minimum atomic E-state index is -0.640. The molecule has 0 radical (unpaired) electrons. The van der Waals surface area contributed by atoms with Gasteiger partial charge in [-0.1, -0.05) is 0 Å². The molecule has 14 nitrogen and oxygen atoms in total. The van der Waals surface area contributed by atoms with E-state index in [9.17, 15) is 9.59 Å². The SMILES string of the molecule is Cc1cc(C(=O)N2CCOCC2)ccc1NC(=O)OSN1CCc2c(-c3cnc(N)nc3)nc(N3CCOCC3)nc21. The van der Waals surface area contributed by atoms with Gasteiger partial charge < -0.3 is 29.2 Å². The standard InChI is InChI=1S/C27H31N9O5S/c1-17-14-18(24(37)34-6-10-39-11-7-34)2-3-21(17)31-27(38)41-42-36-5-4-20-22(19-15-29-25(28)30-16-19)32-26(33-23(20)36)35-8-12-40-13-9-35/h2-3,14-16H,4-13H2,1H3,(H,31,38)(H2,28,29,30). The topological polar surface area (TPSA) is 161 Å². The van der Waals surface area contributed by atoms with Crippen LogP contribution in [0.1, 0.15) is 21.5 Å². The Morgan fingerprint density at radius 1 is 1.00 bits per heavy atom. The molecule has 3 aliphatic heterocycles. The van der Waals surface area contributed by atoms with Crippen LogP contribution in [0.25, 0.3) is 11.3 Å². The lowest BCUT2D eigenvalue weighted by Gasteiger charge is -2.28. The van der Waals surface area contributed by atoms with Gasteiger partial charge in [-0.15, -0.1) is 0 Å². The molecule has 3 N–H and O–H groups in total. The van der Waals surface area contributed by atoms with Crippen molar-refractivity contribution in [3.05, 3.63) is 47.3 Å². The van der Waals surface area contributed by atoms with E-state index in [-0.39, 0.29) is 11.9 Å². The maximum atomic E-state index is 12.8. The lowest BCUT2D eigenvalue weighted by molar-refractivity contribution is 0.0303. The van der Waals surface area contributed by atoms with Crippen molar-refractivity contribution < 1.29 is 23.2 Å². The predicted molar refractivity (Wildman–Crippen MR) is 157 cm³/mol. The van der Waals surface area contributed by atoms with Crippen LogP contribution in [0.2, 0.25) is 0 Å². The Kier molecular flexibility index (Phi) is 8.21. The number of benzene rings is 1. The number of rotatable bonds is 6. The zero-order valence-corrected chi connectivity index (χ0v) is 23.9. The Morgan fingerprint density at radius 2 is 1.71 bits per heavy atom. The van der Waals surface area contributed by atoms with E-state index in [1.54, 1.807) is 35.5 Å². The number of hydrogen-bond acceptors (Lipinski definition) is 13. The summed E-state index contributed by atoms with van der Waals surface area (Å²) in [4.78, 5) is 47.4. The second kappa shape index (κ2) is 12.3. The molecule has 220 valence electrons. The van der Waals surface area contributed by atoms with Crippen molar-refractivity contribution in [2.24, 2.45) is 0 Å². The number of anilines is 4. The van der Waals surface area contributed by atoms with Crippen molar-refractivity contribution in [1.29, 1.82) is 0 Å². The number of nitrogen functional groups attached to an aromatic ring is 1. The number of nitrogens with zero attached hydrogens (tertiary/aromatic N) is 7. The first-order valence-corrected chi connectivity index (χ1v) is 14.4. The average Bonchev–Trinajstić information content (AvgIpc) is 3.44. The van der Waals surface area contributed by atoms with Gasteiger partial charge in [-0.25, -0.2) is 19.7 Å². The first-order chi connectivity index (χ1) is 20.5. The summed E-state index contributed by atoms with van der Waals surface area (Å²) in [6.07, 6.45) is 3.30. The Labute approximate surface area is 246 Å². The van der Waals surface area contributed by atoms with E-state index in [1.165, 1.54) is 0 Å². The number of nitrogens with two attached hydrogens (primary N) is 1. The lowest BCUT2D eigenvalue weighted by Crippen LogP contribution is -2.40. The van der Waals surface area contributed by atoms with Crippen LogP contribution < -0.4 is 20.3 Å². The summed E-state index contributed by atoms with van der Waals surface area (Å²) in [5, 5.41) is 2.77. The molecule has 42 heavy (non-hydrogen) atoms. The van der Waals surface area contributed by atoms with Gasteiger partial charge in [0.2, 0.25) is 11.9 Å². The minimum absolute atomic E-state index is 0.0536. The van der Waals surface area contributed by atoms with Gasteiger partial charge in [-0.05, 0) is 37.1 Å². The highest BCUT2D eigenvalue weighted by Crippen LogP contribution is 2.38. The maximum absolute atomic E-state index is 12.8. The molecule has 0 bridgehead atoms. The first kappa shape index (κ1) is 27.9. The molecule has 3 aromatic rings. The monoisotopic (exact) mass is 593 g/mol. The van der Waals surface area contributed by atoms with Crippen LogP contribution in [0.5, 0.6) is 0 Å². The molecule has 0 saturated carbocycles. The summed E-state index contributed by atoms with van der Waals surface area (Å²) in [7, 11) is 0. The summed E-state index contributed by atoms with van der Waals surface area (Å²) in [5.41, 5.74) is 9.94. The third-order valence-corrected chi connectivity index (χ3v) is 7.99. The van der Waals surface area contributed by atoms with Gasteiger partial charge in [-0.2, -0.15) is 4.98 Å². The number of ether oxygens (including phenoxy) is 2. The van der Waals surface area contributed by atoms with Crippen molar-refractivity contribution in [2.45, 2.75) is 13.3 Å². The fourth-order valence-corrected chi connectivity index (χ4v) is 5.58. The van der Waals surface area contributed by atoms with Crippen LogP contribution in [0.15, 0.2) is 30.6 Å². The van der Waals surface area contributed by atoms with Gasteiger partial charge in [-0.3, -0.25) is 14.4 Å². The molecule has 0 atom stereocenters. The van der Waals surface area contributed by atoms with E-state index in [0.29, 0.717) is 88.6 Å². The Morgan fingerprint density at radius 3 is 2.43 bits per heavy atom. The molecule has 0 unspecified atom stereocenters. The second-order valence-corrected chi connectivity index (χ2v) is 10.7. The van der Waals surface area contributed by atoms with E-state index >= 15 is 0 Å². The molecule has 0 aliphatic carbocycles. The second-order valence-electron chi connectivity index (χ2n) is 9.96. The highest BCUT2D eigenvalue weighted by molar-refractivity contribution is 7.96. The lowest BCUT2D eigenvalue weighted by atomic mass is 10.1. The highest BCUT2D eigenvalue weighted by atomic mass is 32.2. The molecule has 2 amide bonds. The maximum Gasteiger partial charge on any atom is 0.425 e. The molecule has 2 fully saturated rings. The van der Waals surface area contributed by atoms with E-state index in [2.05, 4.69) is 20.2 Å². The van der Waals surface area contributed by atoms with E-state index in [1.807, 2.05) is 11.2 Å². The Hall–Kier alpha value is -4.21. The molecule has 15 heteroatoms. The number of morpholine rings is 2. The smallest absolute Gasteiger partial charge is 0.378 e. The normalized spacial score (nSPS) is 16.7. The van der Waals surface area contributed by atoms with Crippen LogP contribution >= 0.6 is 12.2 Å². The number of fused-ring (bicyclic) bond motifs is 1. The molecular weight excluding hydrogens is 562 g/mol. The van der Waals surface area contributed by atoms with Gasteiger partial charge in [0, 0.05) is 67.5 Å². The number of hydrogen-bond donors (Lipinski definition) is 2. The third kappa shape index (κ3) is 6.03. The first-order valence-electron chi connectivity index (χ1n) is 13.7. The van der Waals surface area contributed by atoms with E-state index in [4.69, 9.17) is 29.4 Å². The summed E-state index contributed by atoms with van der Waals surface area (Å²) < 4.78 is 18.2. The Balaban J connectivity index is 1.15. The van der Waals surface area contributed by atoms with Gasteiger partial charge in [0.05, 0.1) is 32.1 Å². The van der Waals surface area contributed by atoms with Gasteiger partial charge in [0.1, 0.15) is 0 Å². The van der Waals surface area contributed by atoms with E-state index < -0.39 is 6.09 Å². The van der Waals surface area contributed by atoms with Crippen LogP contribution in [0, 0.1) is 6.92 Å². The fourth-order valence-electron chi connectivity index (χ4n) is 4.99.